The number of rotatable bonds is 5. The van der Waals surface area contributed by atoms with E-state index in [1.54, 1.807) is 17.5 Å². The fourth-order valence-corrected chi connectivity index (χ4v) is 2.83. The van der Waals surface area contributed by atoms with Crippen LogP contribution in [0.4, 0.5) is 0 Å². The van der Waals surface area contributed by atoms with Crippen molar-refractivity contribution in [3.8, 4) is 10.7 Å². The van der Waals surface area contributed by atoms with E-state index in [1.165, 1.54) is 0 Å². The van der Waals surface area contributed by atoms with Gasteiger partial charge in [-0.05, 0) is 40.5 Å². The molecule has 0 spiro atoms. The summed E-state index contributed by atoms with van der Waals surface area (Å²) in [6.07, 6.45) is 1.76. The molecule has 2 heterocycles. The van der Waals surface area contributed by atoms with Crippen LogP contribution in [0, 0.1) is 5.92 Å². The lowest BCUT2D eigenvalue weighted by Crippen LogP contribution is -2.18. The molecular formula is C12H15BrN4S. The van der Waals surface area contributed by atoms with Gasteiger partial charge in [0.2, 0.25) is 0 Å². The molecule has 0 aliphatic rings. The summed E-state index contributed by atoms with van der Waals surface area (Å²) >= 11 is 5.05. The van der Waals surface area contributed by atoms with E-state index in [9.17, 15) is 0 Å². The summed E-state index contributed by atoms with van der Waals surface area (Å²) in [7, 11) is 0. The van der Waals surface area contributed by atoms with Crippen LogP contribution >= 0.6 is 27.3 Å². The van der Waals surface area contributed by atoms with E-state index in [0.717, 1.165) is 33.3 Å². The quantitative estimate of drug-likeness (QED) is 0.917. The van der Waals surface area contributed by atoms with Gasteiger partial charge in [-0.2, -0.15) is 0 Å². The van der Waals surface area contributed by atoms with Crippen LogP contribution in [0.1, 0.15) is 18.9 Å². The highest BCUT2D eigenvalue weighted by atomic mass is 79.9. The fourth-order valence-electron chi connectivity index (χ4n) is 1.43. The molecule has 2 aromatic heterocycles. The molecule has 0 aliphatic heterocycles. The molecule has 0 amide bonds. The predicted molar refractivity (Wildman–Crippen MR) is 77.4 cm³/mol. The molecule has 0 atom stereocenters. The monoisotopic (exact) mass is 326 g/mol. The Labute approximate surface area is 119 Å². The van der Waals surface area contributed by atoms with Gasteiger partial charge in [0.05, 0.1) is 0 Å². The van der Waals surface area contributed by atoms with E-state index < -0.39 is 0 Å². The van der Waals surface area contributed by atoms with Gasteiger partial charge in [-0.15, -0.1) is 10.2 Å². The van der Waals surface area contributed by atoms with Crippen LogP contribution < -0.4 is 5.32 Å². The molecule has 0 aliphatic carbocycles. The van der Waals surface area contributed by atoms with Gasteiger partial charge >= 0.3 is 0 Å². The summed E-state index contributed by atoms with van der Waals surface area (Å²) in [4.78, 5) is 4.31. The normalized spacial score (nSPS) is 11.1. The second kappa shape index (κ2) is 6.36. The topological polar surface area (TPSA) is 50.7 Å². The van der Waals surface area contributed by atoms with E-state index >= 15 is 0 Å². The van der Waals surface area contributed by atoms with Crippen molar-refractivity contribution in [3.05, 3.63) is 27.8 Å². The Morgan fingerprint density at radius 1 is 1.39 bits per heavy atom. The lowest BCUT2D eigenvalue weighted by Gasteiger charge is -2.03. The van der Waals surface area contributed by atoms with Crippen molar-refractivity contribution in [2.75, 3.05) is 6.54 Å². The summed E-state index contributed by atoms with van der Waals surface area (Å²) in [5.41, 5.74) is 0.852. The highest BCUT2D eigenvalue weighted by Crippen LogP contribution is 2.27. The summed E-state index contributed by atoms with van der Waals surface area (Å²) in [6, 6.07) is 3.85. The molecule has 2 aromatic rings. The number of pyridine rings is 1. The van der Waals surface area contributed by atoms with Gasteiger partial charge in [-0.25, -0.2) is 0 Å². The lowest BCUT2D eigenvalue weighted by atomic mass is 10.2. The number of nitrogens with one attached hydrogen (secondary N) is 1. The van der Waals surface area contributed by atoms with Crippen LogP contribution in [0.5, 0.6) is 0 Å². The van der Waals surface area contributed by atoms with Crippen molar-refractivity contribution in [1.29, 1.82) is 0 Å². The predicted octanol–water partition coefficient (Wildman–Crippen LogP) is 3.11. The van der Waals surface area contributed by atoms with Gasteiger partial charge in [0.15, 0.2) is 5.01 Å². The highest BCUT2D eigenvalue weighted by molar-refractivity contribution is 9.10. The van der Waals surface area contributed by atoms with Gasteiger partial charge in [0.25, 0.3) is 0 Å². The van der Waals surface area contributed by atoms with Crippen LogP contribution in [0.25, 0.3) is 10.7 Å². The Bertz CT molecular complexity index is 512. The zero-order chi connectivity index (χ0) is 13.0. The zero-order valence-electron chi connectivity index (χ0n) is 10.4. The molecule has 0 fully saturated rings. The van der Waals surface area contributed by atoms with Crippen LogP contribution in [0.2, 0.25) is 0 Å². The van der Waals surface area contributed by atoms with Crippen LogP contribution in [0.3, 0.4) is 0 Å². The molecule has 4 nitrogen and oxygen atoms in total. The number of halogens is 1. The summed E-state index contributed by atoms with van der Waals surface area (Å²) < 4.78 is 0.947. The van der Waals surface area contributed by atoms with Gasteiger partial charge in [0, 0.05) is 17.2 Å². The molecule has 1 N–H and O–H groups in total. The molecular weight excluding hydrogens is 312 g/mol. The Balaban J connectivity index is 2.04. The maximum Gasteiger partial charge on any atom is 0.167 e. The number of aromatic nitrogens is 3. The van der Waals surface area contributed by atoms with E-state index in [2.05, 4.69) is 50.3 Å². The molecule has 0 unspecified atom stereocenters. The minimum atomic E-state index is 0.641. The maximum absolute atomic E-state index is 4.31. The Morgan fingerprint density at radius 3 is 2.94 bits per heavy atom. The number of nitrogens with zero attached hydrogens (tertiary/aromatic N) is 3. The van der Waals surface area contributed by atoms with Gasteiger partial charge in [-0.1, -0.05) is 25.2 Å². The minimum absolute atomic E-state index is 0.641. The van der Waals surface area contributed by atoms with Crippen molar-refractivity contribution < 1.29 is 0 Å². The van der Waals surface area contributed by atoms with Gasteiger partial charge in [-0.3, -0.25) is 4.98 Å². The second-order valence-electron chi connectivity index (χ2n) is 4.36. The van der Waals surface area contributed by atoms with E-state index in [1.807, 2.05) is 12.1 Å². The lowest BCUT2D eigenvalue weighted by molar-refractivity contribution is 0.550. The van der Waals surface area contributed by atoms with Crippen molar-refractivity contribution in [2.45, 2.75) is 20.4 Å². The first-order valence-electron chi connectivity index (χ1n) is 5.81. The molecule has 0 bridgehead atoms. The standard InChI is InChI=1S/C12H15BrN4S/c1-8(2)6-14-7-10-16-17-12(18-10)11-9(13)4-3-5-15-11/h3-5,8,14H,6-7H2,1-2H3. The molecule has 0 radical (unpaired) electrons. The maximum atomic E-state index is 4.31. The average molecular weight is 327 g/mol. The van der Waals surface area contributed by atoms with E-state index in [-0.39, 0.29) is 0 Å². The first-order chi connectivity index (χ1) is 8.66. The largest absolute Gasteiger partial charge is 0.310 e. The van der Waals surface area contributed by atoms with Gasteiger partial charge < -0.3 is 5.32 Å². The fraction of sp³-hybridized carbons (Fsp3) is 0.417. The zero-order valence-corrected chi connectivity index (χ0v) is 12.8. The molecule has 0 saturated carbocycles. The van der Waals surface area contributed by atoms with Crippen LogP contribution in [-0.4, -0.2) is 21.7 Å². The summed E-state index contributed by atoms with van der Waals surface area (Å²) in [6.45, 7) is 6.12. The van der Waals surface area contributed by atoms with Crippen molar-refractivity contribution in [2.24, 2.45) is 5.92 Å². The molecule has 0 aromatic carbocycles. The van der Waals surface area contributed by atoms with Crippen molar-refractivity contribution in [1.82, 2.24) is 20.5 Å². The van der Waals surface area contributed by atoms with Crippen molar-refractivity contribution >= 4 is 27.3 Å². The number of hydrogen-bond donors (Lipinski definition) is 1. The van der Waals surface area contributed by atoms with Crippen LogP contribution in [0.15, 0.2) is 22.8 Å². The van der Waals surface area contributed by atoms with E-state index in [4.69, 9.17) is 0 Å². The van der Waals surface area contributed by atoms with Crippen LogP contribution in [-0.2, 0) is 6.54 Å². The number of hydrogen-bond acceptors (Lipinski definition) is 5. The molecule has 0 saturated heterocycles. The molecule has 6 heteroatoms. The minimum Gasteiger partial charge on any atom is -0.310 e. The second-order valence-corrected chi connectivity index (χ2v) is 6.28. The van der Waals surface area contributed by atoms with Gasteiger partial charge in [0.1, 0.15) is 10.7 Å². The molecule has 2 rings (SSSR count). The third-order valence-electron chi connectivity index (χ3n) is 2.26. The van der Waals surface area contributed by atoms with Crippen molar-refractivity contribution in [3.63, 3.8) is 0 Å². The highest BCUT2D eigenvalue weighted by Gasteiger charge is 2.10. The third-order valence-corrected chi connectivity index (χ3v) is 3.83. The Hall–Kier alpha value is -0.850. The average Bonchev–Trinajstić information content (AvgIpc) is 2.78. The first kappa shape index (κ1) is 13.6. The molecule has 18 heavy (non-hydrogen) atoms. The Kier molecular flexibility index (Phi) is 4.79. The molecule has 96 valence electrons. The summed E-state index contributed by atoms with van der Waals surface area (Å²) in [5, 5.41) is 13.6. The SMILES string of the molecule is CC(C)CNCc1nnc(-c2ncccc2Br)s1. The summed E-state index contributed by atoms with van der Waals surface area (Å²) in [5.74, 6) is 0.641. The Morgan fingerprint density at radius 2 is 2.22 bits per heavy atom. The smallest absolute Gasteiger partial charge is 0.167 e. The van der Waals surface area contributed by atoms with E-state index in [0.29, 0.717) is 5.92 Å². The first-order valence-corrected chi connectivity index (χ1v) is 7.41. The third kappa shape index (κ3) is 3.57.